The van der Waals surface area contributed by atoms with Crippen LogP contribution in [0.5, 0.6) is 5.75 Å². The zero-order chi connectivity index (χ0) is 13.4. The monoisotopic (exact) mass is 255 g/mol. The molecule has 1 aliphatic rings. The molecule has 0 amide bonds. The van der Waals surface area contributed by atoms with Crippen molar-refractivity contribution in [3.8, 4) is 17.0 Å². The summed E-state index contributed by atoms with van der Waals surface area (Å²) in [6.07, 6.45) is 2.73. The van der Waals surface area contributed by atoms with E-state index in [2.05, 4.69) is 16.0 Å². The van der Waals surface area contributed by atoms with Crippen molar-refractivity contribution < 1.29 is 4.74 Å². The first kappa shape index (κ1) is 12.1. The van der Waals surface area contributed by atoms with Crippen LogP contribution in [0.25, 0.3) is 11.3 Å². The van der Waals surface area contributed by atoms with Gasteiger partial charge in [-0.2, -0.15) is 0 Å². The molecule has 1 aliphatic heterocycles. The van der Waals surface area contributed by atoms with Crippen molar-refractivity contribution in [3.05, 3.63) is 41.3 Å². The number of hydrogen-bond acceptors (Lipinski definition) is 4. The van der Waals surface area contributed by atoms with Crippen LogP contribution in [0.4, 0.5) is 0 Å². The maximum absolute atomic E-state index is 5.94. The van der Waals surface area contributed by atoms with Crippen LogP contribution in [0.1, 0.15) is 17.0 Å². The molecule has 0 radical (unpaired) electrons. The lowest BCUT2D eigenvalue weighted by molar-refractivity contribution is 0.242. The van der Waals surface area contributed by atoms with Crippen molar-refractivity contribution >= 4 is 0 Å². The molecular formula is C15H17N3O. The fourth-order valence-corrected chi connectivity index (χ4v) is 2.45. The summed E-state index contributed by atoms with van der Waals surface area (Å²) in [5.74, 6) is 0.918. The summed E-state index contributed by atoms with van der Waals surface area (Å²) < 4.78 is 5.94. The van der Waals surface area contributed by atoms with Gasteiger partial charge in [0.1, 0.15) is 11.9 Å². The minimum atomic E-state index is 0.0780. The highest BCUT2D eigenvalue weighted by molar-refractivity contribution is 5.71. The zero-order valence-corrected chi connectivity index (χ0v) is 11.2. The Kier molecular flexibility index (Phi) is 2.95. The molecule has 0 unspecified atom stereocenters. The lowest BCUT2D eigenvalue weighted by Crippen LogP contribution is -2.24. The highest BCUT2D eigenvalue weighted by Crippen LogP contribution is 2.38. The van der Waals surface area contributed by atoms with Crippen molar-refractivity contribution in [1.29, 1.82) is 0 Å². The Morgan fingerprint density at radius 1 is 1.37 bits per heavy atom. The van der Waals surface area contributed by atoms with E-state index in [0.717, 1.165) is 34.8 Å². The Bertz CT molecular complexity index is 625. The molecule has 3 rings (SSSR count). The third-order valence-electron chi connectivity index (χ3n) is 3.42. The summed E-state index contributed by atoms with van der Waals surface area (Å²) in [5.41, 5.74) is 10.6. The van der Waals surface area contributed by atoms with E-state index in [1.54, 1.807) is 6.20 Å². The van der Waals surface area contributed by atoms with Gasteiger partial charge in [0, 0.05) is 24.7 Å². The molecule has 0 saturated carbocycles. The Morgan fingerprint density at radius 3 is 3.00 bits per heavy atom. The van der Waals surface area contributed by atoms with E-state index in [0.29, 0.717) is 6.54 Å². The second-order valence-corrected chi connectivity index (χ2v) is 4.92. The minimum Gasteiger partial charge on any atom is -0.488 e. The third kappa shape index (κ3) is 2.08. The first-order valence-electron chi connectivity index (χ1n) is 6.48. The van der Waals surface area contributed by atoms with Gasteiger partial charge in [-0.25, -0.2) is 4.98 Å². The molecular weight excluding hydrogens is 238 g/mol. The number of rotatable bonds is 2. The first-order valence-corrected chi connectivity index (χ1v) is 6.48. The van der Waals surface area contributed by atoms with Crippen molar-refractivity contribution in [3.63, 3.8) is 0 Å². The average molecular weight is 255 g/mol. The molecule has 0 spiro atoms. The Morgan fingerprint density at radius 2 is 2.21 bits per heavy atom. The number of nitrogens with zero attached hydrogens (tertiary/aromatic N) is 2. The molecule has 0 bridgehead atoms. The van der Waals surface area contributed by atoms with Crippen LogP contribution in [-0.4, -0.2) is 22.6 Å². The van der Waals surface area contributed by atoms with Crippen LogP contribution in [0, 0.1) is 13.8 Å². The van der Waals surface area contributed by atoms with Crippen LogP contribution >= 0.6 is 0 Å². The van der Waals surface area contributed by atoms with E-state index in [4.69, 9.17) is 10.5 Å². The van der Waals surface area contributed by atoms with Crippen LogP contribution < -0.4 is 10.5 Å². The molecule has 4 heteroatoms. The molecule has 0 aliphatic carbocycles. The number of ether oxygens (including phenoxy) is 1. The molecule has 1 atom stereocenters. The second kappa shape index (κ2) is 4.63. The Labute approximate surface area is 112 Å². The number of fused-ring (bicyclic) bond motifs is 1. The van der Waals surface area contributed by atoms with E-state index in [1.165, 1.54) is 5.56 Å². The average Bonchev–Trinajstić information content (AvgIpc) is 2.84. The number of para-hydroxylation sites is 1. The standard InChI is InChI=1S/C15H17N3O/c1-9-8-17-10(2)14(18-9)13-5-3-4-11-6-12(7-16)19-15(11)13/h3-5,8,12H,6-7,16H2,1-2H3/t12-/m1/s1. The van der Waals surface area contributed by atoms with Gasteiger partial charge >= 0.3 is 0 Å². The van der Waals surface area contributed by atoms with Gasteiger partial charge < -0.3 is 10.5 Å². The number of benzene rings is 1. The quantitative estimate of drug-likeness (QED) is 0.892. The van der Waals surface area contributed by atoms with E-state index >= 15 is 0 Å². The molecule has 4 nitrogen and oxygen atoms in total. The third-order valence-corrected chi connectivity index (χ3v) is 3.42. The summed E-state index contributed by atoms with van der Waals surface area (Å²) >= 11 is 0. The number of hydrogen-bond donors (Lipinski definition) is 1. The van der Waals surface area contributed by atoms with Gasteiger partial charge in [-0.3, -0.25) is 4.98 Å². The van der Waals surface area contributed by atoms with Gasteiger partial charge in [0.25, 0.3) is 0 Å². The molecule has 2 N–H and O–H groups in total. The van der Waals surface area contributed by atoms with Gasteiger partial charge in [-0.1, -0.05) is 12.1 Å². The second-order valence-electron chi connectivity index (χ2n) is 4.92. The summed E-state index contributed by atoms with van der Waals surface area (Å²) in [7, 11) is 0. The summed E-state index contributed by atoms with van der Waals surface area (Å²) in [6.45, 7) is 4.45. The van der Waals surface area contributed by atoms with Gasteiger partial charge in [-0.15, -0.1) is 0 Å². The zero-order valence-electron chi connectivity index (χ0n) is 11.2. The molecule has 1 aromatic heterocycles. The number of aromatic nitrogens is 2. The van der Waals surface area contributed by atoms with Crippen LogP contribution in [0.3, 0.4) is 0 Å². The van der Waals surface area contributed by atoms with E-state index in [-0.39, 0.29) is 6.10 Å². The van der Waals surface area contributed by atoms with Crippen molar-refractivity contribution in [2.24, 2.45) is 5.73 Å². The lowest BCUT2D eigenvalue weighted by Gasteiger charge is -2.12. The smallest absolute Gasteiger partial charge is 0.132 e. The van der Waals surface area contributed by atoms with Gasteiger partial charge in [0.2, 0.25) is 0 Å². The molecule has 1 aromatic carbocycles. The lowest BCUT2D eigenvalue weighted by atomic mass is 10.0. The highest BCUT2D eigenvalue weighted by atomic mass is 16.5. The highest BCUT2D eigenvalue weighted by Gasteiger charge is 2.25. The van der Waals surface area contributed by atoms with E-state index < -0.39 is 0 Å². The molecule has 0 saturated heterocycles. The summed E-state index contributed by atoms with van der Waals surface area (Å²) in [5, 5.41) is 0. The molecule has 19 heavy (non-hydrogen) atoms. The normalized spacial score (nSPS) is 17.1. The predicted octanol–water partition coefficient (Wildman–Crippen LogP) is 2.02. The fraction of sp³-hybridized carbons (Fsp3) is 0.333. The molecule has 98 valence electrons. The van der Waals surface area contributed by atoms with Crippen molar-refractivity contribution in [2.75, 3.05) is 6.54 Å². The van der Waals surface area contributed by atoms with Gasteiger partial charge in [0.05, 0.1) is 17.1 Å². The number of aryl methyl sites for hydroxylation is 2. The Hall–Kier alpha value is -1.94. The van der Waals surface area contributed by atoms with Crippen molar-refractivity contribution in [1.82, 2.24) is 9.97 Å². The Balaban J connectivity index is 2.13. The summed E-state index contributed by atoms with van der Waals surface area (Å²) in [6, 6.07) is 6.17. The van der Waals surface area contributed by atoms with E-state index in [1.807, 2.05) is 26.0 Å². The van der Waals surface area contributed by atoms with Crippen LogP contribution in [-0.2, 0) is 6.42 Å². The SMILES string of the molecule is Cc1cnc(C)c(-c2cccc3c2O[C@@H](CN)C3)n1. The predicted molar refractivity (Wildman–Crippen MR) is 74.1 cm³/mol. The van der Waals surface area contributed by atoms with Crippen LogP contribution in [0.2, 0.25) is 0 Å². The maximum Gasteiger partial charge on any atom is 0.132 e. The molecule has 2 heterocycles. The fourth-order valence-electron chi connectivity index (χ4n) is 2.45. The first-order chi connectivity index (χ1) is 9.19. The van der Waals surface area contributed by atoms with Crippen LogP contribution in [0.15, 0.2) is 24.4 Å². The van der Waals surface area contributed by atoms with E-state index in [9.17, 15) is 0 Å². The maximum atomic E-state index is 5.94. The van der Waals surface area contributed by atoms with Gasteiger partial charge in [0.15, 0.2) is 0 Å². The molecule has 2 aromatic rings. The largest absolute Gasteiger partial charge is 0.488 e. The minimum absolute atomic E-state index is 0.0780. The van der Waals surface area contributed by atoms with Gasteiger partial charge in [-0.05, 0) is 25.5 Å². The summed E-state index contributed by atoms with van der Waals surface area (Å²) in [4.78, 5) is 8.97. The number of nitrogens with two attached hydrogens (primary N) is 1. The molecule has 0 fully saturated rings. The topological polar surface area (TPSA) is 61.0 Å². The van der Waals surface area contributed by atoms with Crippen molar-refractivity contribution in [2.45, 2.75) is 26.4 Å².